The van der Waals surface area contributed by atoms with Gasteiger partial charge >= 0.3 is 5.97 Å². The Bertz CT molecular complexity index is 547. The van der Waals surface area contributed by atoms with E-state index in [2.05, 4.69) is 5.32 Å². The molecule has 1 aromatic rings. The van der Waals surface area contributed by atoms with Crippen LogP contribution in [0.5, 0.6) is 0 Å². The van der Waals surface area contributed by atoms with E-state index in [0.29, 0.717) is 11.5 Å². The Hall–Kier alpha value is -2.41. The van der Waals surface area contributed by atoms with E-state index < -0.39 is 23.8 Å². The Morgan fingerprint density at radius 1 is 1.25 bits per heavy atom. The second-order valence-electron chi connectivity index (χ2n) is 6.14. The Morgan fingerprint density at radius 3 is 2.38 bits per heavy atom. The summed E-state index contributed by atoms with van der Waals surface area (Å²) < 4.78 is 0. The molecule has 0 saturated carbocycles. The smallest absolute Gasteiger partial charge is 0.326 e. The van der Waals surface area contributed by atoms with Crippen molar-refractivity contribution in [2.75, 3.05) is 6.54 Å². The summed E-state index contributed by atoms with van der Waals surface area (Å²) in [5.41, 5.74) is 0.854. The van der Waals surface area contributed by atoms with Gasteiger partial charge in [-0.15, -0.1) is 0 Å². The number of hydrogen-bond acceptors (Lipinski definition) is 4. The Morgan fingerprint density at radius 2 is 1.88 bits per heavy atom. The normalized spacial score (nSPS) is 13.2. The summed E-state index contributed by atoms with van der Waals surface area (Å²) >= 11 is 0. The van der Waals surface area contributed by atoms with Gasteiger partial charge in [0.15, 0.2) is 0 Å². The topological polar surface area (TPSA) is 107 Å². The lowest BCUT2D eigenvalue weighted by atomic mass is 9.97. The summed E-state index contributed by atoms with van der Waals surface area (Å²) in [7, 11) is 0. The Balaban J connectivity index is 2.85. The third kappa shape index (κ3) is 6.78. The lowest BCUT2D eigenvalue weighted by Crippen LogP contribution is -2.47. The molecule has 0 heterocycles. The molecule has 1 rings (SSSR count). The van der Waals surface area contributed by atoms with Gasteiger partial charge in [-0.1, -0.05) is 44.2 Å². The van der Waals surface area contributed by atoms with Crippen LogP contribution in [-0.2, 0) is 20.8 Å². The summed E-state index contributed by atoms with van der Waals surface area (Å²) in [6, 6.07) is 8.13. The maximum atomic E-state index is 12.5. The lowest BCUT2D eigenvalue weighted by molar-refractivity contribution is -0.155. The average Bonchev–Trinajstić information content (AvgIpc) is 2.53. The fourth-order valence-corrected chi connectivity index (χ4v) is 2.39. The molecule has 7 heteroatoms. The second-order valence-corrected chi connectivity index (χ2v) is 6.14. The molecule has 24 heavy (non-hydrogen) atoms. The van der Waals surface area contributed by atoms with Crippen LogP contribution in [0.2, 0.25) is 0 Å². The molecule has 0 aliphatic carbocycles. The van der Waals surface area contributed by atoms with Crippen molar-refractivity contribution in [2.24, 2.45) is 11.8 Å². The molecule has 0 aromatic heterocycles. The van der Waals surface area contributed by atoms with Crippen molar-refractivity contribution in [2.45, 2.75) is 32.7 Å². The first-order valence-electron chi connectivity index (χ1n) is 7.81. The molecule has 1 aromatic carbocycles. The summed E-state index contributed by atoms with van der Waals surface area (Å²) in [6.07, 6.45) is 0.801. The molecule has 2 amide bonds. The minimum Gasteiger partial charge on any atom is -0.480 e. The highest BCUT2D eigenvalue weighted by atomic mass is 16.5. The maximum absolute atomic E-state index is 12.5. The number of hydrogen-bond donors (Lipinski definition) is 3. The van der Waals surface area contributed by atoms with Gasteiger partial charge < -0.3 is 10.4 Å². The molecule has 0 bridgehead atoms. The minimum absolute atomic E-state index is 0.100. The first-order valence-corrected chi connectivity index (χ1v) is 7.81. The van der Waals surface area contributed by atoms with E-state index in [0.717, 1.165) is 5.56 Å². The van der Waals surface area contributed by atoms with Crippen molar-refractivity contribution in [3.8, 4) is 0 Å². The molecule has 0 aliphatic heterocycles. The molecule has 3 N–H and O–H groups in total. The van der Waals surface area contributed by atoms with Gasteiger partial charge in [0.25, 0.3) is 0 Å². The predicted molar refractivity (Wildman–Crippen MR) is 87.2 cm³/mol. The number of hydroxylamine groups is 2. The Kier molecular flexibility index (Phi) is 7.91. The number of benzene rings is 1. The van der Waals surface area contributed by atoms with Gasteiger partial charge in [0.2, 0.25) is 12.3 Å². The monoisotopic (exact) mass is 336 g/mol. The summed E-state index contributed by atoms with van der Waals surface area (Å²) in [6.45, 7) is 3.52. The average molecular weight is 336 g/mol. The standard InChI is InChI=1S/C17H24N2O5/c1-12(2)8-15(17(22)23)18-16(21)14(10-19(24)11-20)9-13-6-4-3-5-7-13/h3-7,11-12,14-15,24H,8-10H2,1-2H3,(H,18,21)(H,22,23). The number of aliphatic carboxylic acids is 1. The number of rotatable bonds is 10. The van der Waals surface area contributed by atoms with Gasteiger partial charge in [-0.2, -0.15) is 0 Å². The van der Waals surface area contributed by atoms with Gasteiger partial charge in [-0.05, 0) is 24.3 Å². The molecule has 2 atom stereocenters. The minimum atomic E-state index is -1.10. The van der Waals surface area contributed by atoms with E-state index in [1.54, 1.807) is 0 Å². The van der Waals surface area contributed by atoms with E-state index in [-0.39, 0.29) is 25.3 Å². The number of carbonyl (C=O) groups excluding carboxylic acids is 2. The fourth-order valence-electron chi connectivity index (χ4n) is 2.39. The molecule has 0 fully saturated rings. The molecule has 0 radical (unpaired) electrons. The van der Waals surface area contributed by atoms with E-state index in [9.17, 15) is 24.7 Å². The van der Waals surface area contributed by atoms with E-state index in [1.165, 1.54) is 0 Å². The highest BCUT2D eigenvalue weighted by molar-refractivity contribution is 5.85. The zero-order valence-corrected chi connectivity index (χ0v) is 13.9. The first-order chi connectivity index (χ1) is 11.3. The van der Waals surface area contributed by atoms with Gasteiger partial charge in [0, 0.05) is 0 Å². The van der Waals surface area contributed by atoms with Gasteiger partial charge in [0.1, 0.15) is 6.04 Å². The van der Waals surface area contributed by atoms with Crippen molar-refractivity contribution in [1.29, 1.82) is 0 Å². The predicted octanol–water partition coefficient (Wildman–Crippen LogP) is 1.31. The third-order valence-corrected chi connectivity index (χ3v) is 3.55. The number of nitrogens with one attached hydrogen (secondary N) is 1. The number of carboxylic acid groups (broad SMARTS) is 1. The Labute approximate surface area is 141 Å². The molecule has 7 nitrogen and oxygen atoms in total. The quantitative estimate of drug-likeness (QED) is 0.339. The largest absolute Gasteiger partial charge is 0.480 e. The number of amides is 2. The summed E-state index contributed by atoms with van der Waals surface area (Å²) in [5.74, 6) is -2.26. The molecule has 2 unspecified atom stereocenters. The fraction of sp³-hybridized carbons (Fsp3) is 0.471. The molecular formula is C17H24N2O5. The van der Waals surface area contributed by atoms with Crippen molar-refractivity contribution in [3.05, 3.63) is 35.9 Å². The van der Waals surface area contributed by atoms with Crippen LogP contribution in [0.15, 0.2) is 30.3 Å². The molecular weight excluding hydrogens is 312 g/mol. The SMILES string of the molecule is CC(C)CC(NC(=O)C(Cc1ccccc1)CN(O)C=O)C(=O)O. The zero-order chi connectivity index (χ0) is 18.1. The summed E-state index contributed by atoms with van der Waals surface area (Å²) in [4.78, 5) is 34.4. The van der Waals surface area contributed by atoms with Crippen LogP contribution in [0.3, 0.4) is 0 Å². The molecule has 0 saturated heterocycles. The van der Waals surface area contributed by atoms with Crippen molar-refractivity contribution >= 4 is 18.3 Å². The first kappa shape index (κ1) is 19.6. The second kappa shape index (κ2) is 9.67. The van der Waals surface area contributed by atoms with Crippen LogP contribution in [-0.4, -0.2) is 46.3 Å². The zero-order valence-electron chi connectivity index (χ0n) is 13.9. The van der Waals surface area contributed by atoms with Crippen LogP contribution in [0.1, 0.15) is 25.8 Å². The molecule has 0 spiro atoms. The number of carboxylic acids is 1. The van der Waals surface area contributed by atoms with Crippen molar-refractivity contribution < 1.29 is 24.7 Å². The molecule has 132 valence electrons. The van der Waals surface area contributed by atoms with Gasteiger partial charge in [-0.25, -0.2) is 9.86 Å². The lowest BCUT2D eigenvalue weighted by Gasteiger charge is -2.23. The van der Waals surface area contributed by atoms with Crippen molar-refractivity contribution in [3.63, 3.8) is 0 Å². The number of carbonyl (C=O) groups is 3. The van der Waals surface area contributed by atoms with E-state index in [4.69, 9.17) is 0 Å². The summed E-state index contributed by atoms with van der Waals surface area (Å²) in [5, 5.41) is 21.6. The van der Waals surface area contributed by atoms with E-state index >= 15 is 0 Å². The van der Waals surface area contributed by atoms with Crippen LogP contribution in [0, 0.1) is 11.8 Å². The van der Waals surface area contributed by atoms with Crippen LogP contribution >= 0.6 is 0 Å². The maximum Gasteiger partial charge on any atom is 0.326 e. The van der Waals surface area contributed by atoms with Gasteiger partial charge in [0.05, 0.1) is 12.5 Å². The van der Waals surface area contributed by atoms with Crippen LogP contribution in [0.4, 0.5) is 0 Å². The van der Waals surface area contributed by atoms with Gasteiger partial charge in [-0.3, -0.25) is 14.8 Å². The number of nitrogens with zero attached hydrogens (tertiary/aromatic N) is 1. The third-order valence-electron chi connectivity index (χ3n) is 3.55. The van der Waals surface area contributed by atoms with Crippen LogP contribution < -0.4 is 5.32 Å². The van der Waals surface area contributed by atoms with E-state index in [1.807, 2.05) is 44.2 Å². The highest BCUT2D eigenvalue weighted by Gasteiger charge is 2.27. The highest BCUT2D eigenvalue weighted by Crippen LogP contribution is 2.12. The van der Waals surface area contributed by atoms with Crippen LogP contribution in [0.25, 0.3) is 0 Å². The molecule has 0 aliphatic rings. The van der Waals surface area contributed by atoms with Crippen molar-refractivity contribution in [1.82, 2.24) is 10.4 Å².